The van der Waals surface area contributed by atoms with E-state index in [0.29, 0.717) is 5.92 Å². The molecule has 1 atom stereocenters. The van der Waals surface area contributed by atoms with Gasteiger partial charge >= 0.3 is 0 Å². The van der Waals surface area contributed by atoms with Crippen molar-refractivity contribution in [2.75, 3.05) is 0 Å². The molecule has 1 aromatic heterocycles. The van der Waals surface area contributed by atoms with Crippen molar-refractivity contribution in [2.24, 2.45) is 5.92 Å². The van der Waals surface area contributed by atoms with E-state index in [1.165, 1.54) is 12.8 Å². The number of rotatable bonds is 4. The fourth-order valence-corrected chi connectivity index (χ4v) is 3.05. The lowest BCUT2D eigenvalue weighted by Crippen LogP contribution is -2.14. The van der Waals surface area contributed by atoms with Crippen LogP contribution < -0.4 is 0 Å². The SMILES string of the molecule is CC(c1nnc(S(=O)(=O)Cl)n1C(C)C)C1CC1. The molecule has 1 aromatic rings. The van der Waals surface area contributed by atoms with Crippen LogP contribution in [0.4, 0.5) is 0 Å². The van der Waals surface area contributed by atoms with Crippen LogP contribution in [0.2, 0.25) is 0 Å². The Hall–Kier alpha value is -0.620. The number of nitrogens with zero attached hydrogens (tertiary/aromatic N) is 3. The minimum atomic E-state index is -3.83. The van der Waals surface area contributed by atoms with E-state index in [9.17, 15) is 8.42 Å². The zero-order valence-corrected chi connectivity index (χ0v) is 11.7. The summed E-state index contributed by atoms with van der Waals surface area (Å²) in [5, 5.41) is 7.61. The van der Waals surface area contributed by atoms with Crippen LogP contribution in [0.1, 0.15) is 51.4 Å². The second-order valence-electron chi connectivity index (χ2n) is 4.87. The summed E-state index contributed by atoms with van der Waals surface area (Å²) < 4.78 is 24.5. The summed E-state index contributed by atoms with van der Waals surface area (Å²) in [5.74, 6) is 1.56. The Morgan fingerprint density at radius 1 is 1.29 bits per heavy atom. The Bertz CT molecular complexity index is 520. The van der Waals surface area contributed by atoms with E-state index in [2.05, 4.69) is 17.1 Å². The zero-order chi connectivity index (χ0) is 12.8. The van der Waals surface area contributed by atoms with Crippen LogP contribution in [0.5, 0.6) is 0 Å². The van der Waals surface area contributed by atoms with Crippen LogP contribution in [-0.2, 0) is 9.05 Å². The van der Waals surface area contributed by atoms with Crippen LogP contribution >= 0.6 is 10.7 Å². The molecule has 0 aromatic carbocycles. The van der Waals surface area contributed by atoms with Gasteiger partial charge in [0.25, 0.3) is 14.2 Å². The summed E-state index contributed by atoms with van der Waals surface area (Å²) >= 11 is 0. The molecule has 5 nitrogen and oxygen atoms in total. The van der Waals surface area contributed by atoms with E-state index < -0.39 is 9.05 Å². The van der Waals surface area contributed by atoms with Gasteiger partial charge in [0.1, 0.15) is 5.82 Å². The van der Waals surface area contributed by atoms with E-state index in [4.69, 9.17) is 10.7 Å². The van der Waals surface area contributed by atoms with Gasteiger partial charge in [0.05, 0.1) is 0 Å². The van der Waals surface area contributed by atoms with Gasteiger partial charge in [-0.3, -0.25) is 4.57 Å². The van der Waals surface area contributed by atoms with Crippen molar-refractivity contribution in [2.45, 2.75) is 50.7 Å². The van der Waals surface area contributed by atoms with Crippen LogP contribution in [0, 0.1) is 5.92 Å². The first kappa shape index (κ1) is 12.8. The van der Waals surface area contributed by atoms with Crippen molar-refractivity contribution in [1.82, 2.24) is 14.8 Å². The number of hydrogen-bond donors (Lipinski definition) is 0. The lowest BCUT2D eigenvalue weighted by atomic mass is 10.1. The van der Waals surface area contributed by atoms with Crippen molar-refractivity contribution < 1.29 is 8.42 Å². The highest BCUT2D eigenvalue weighted by Gasteiger charge is 2.35. The largest absolute Gasteiger partial charge is 0.298 e. The lowest BCUT2D eigenvalue weighted by Gasteiger charge is -2.16. The van der Waals surface area contributed by atoms with E-state index in [-0.39, 0.29) is 17.1 Å². The highest BCUT2D eigenvalue weighted by Crippen LogP contribution is 2.42. The fourth-order valence-electron chi connectivity index (χ4n) is 2.06. The predicted molar refractivity (Wildman–Crippen MR) is 64.6 cm³/mol. The molecule has 0 spiro atoms. The highest BCUT2D eigenvalue weighted by molar-refractivity contribution is 8.13. The molecule has 1 fully saturated rings. The maximum absolute atomic E-state index is 11.4. The first-order chi connectivity index (χ1) is 7.82. The second-order valence-corrected chi connectivity index (χ2v) is 7.33. The minimum absolute atomic E-state index is 0.0234. The van der Waals surface area contributed by atoms with Gasteiger partial charge in [-0.1, -0.05) is 6.92 Å². The standard InChI is InChI=1S/C10H16ClN3O2S/c1-6(2)14-9(7(3)8-4-5-8)12-13-10(14)17(11,15)16/h6-8H,4-5H2,1-3H3. The Labute approximate surface area is 106 Å². The second kappa shape index (κ2) is 4.24. The molecule has 0 amide bonds. The van der Waals surface area contributed by atoms with Crippen molar-refractivity contribution in [3.8, 4) is 0 Å². The fraction of sp³-hybridized carbons (Fsp3) is 0.800. The van der Waals surface area contributed by atoms with Gasteiger partial charge in [-0.05, 0) is 32.6 Å². The third kappa shape index (κ3) is 2.47. The molecule has 0 N–H and O–H groups in total. The predicted octanol–water partition coefficient (Wildman–Crippen LogP) is 2.30. The summed E-state index contributed by atoms with van der Waals surface area (Å²) in [4.78, 5) is 0. The third-order valence-corrected chi connectivity index (χ3v) is 4.29. The number of hydrogen-bond acceptors (Lipinski definition) is 4. The van der Waals surface area contributed by atoms with Gasteiger partial charge in [-0.25, -0.2) is 8.42 Å². The van der Waals surface area contributed by atoms with Crippen LogP contribution in [-0.4, -0.2) is 23.2 Å². The average Bonchev–Trinajstić information content (AvgIpc) is 2.92. The Morgan fingerprint density at radius 3 is 2.29 bits per heavy atom. The third-order valence-electron chi connectivity index (χ3n) is 3.16. The van der Waals surface area contributed by atoms with Crippen molar-refractivity contribution >= 4 is 19.7 Å². The number of halogens is 1. The van der Waals surface area contributed by atoms with Gasteiger partial charge in [-0.2, -0.15) is 0 Å². The van der Waals surface area contributed by atoms with Gasteiger partial charge in [0.15, 0.2) is 0 Å². The number of aromatic nitrogens is 3. The summed E-state index contributed by atoms with van der Waals surface area (Å²) in [5.41, 5.74) is 0. The molecular formula is C10H16ClN3O2S. The molecule has 1 heterocycles. The summed E-state index contributed by atoms with van der Waals surface area (Å²) in [7, 11) is 1.53. The molecule has 0 aliphatic heterocycles. The van der Waals surface area contributed by atoms with E-state index in [1.807, 2.05) is 13.8 Å². The first-order valence-corrected chi connectivity index (χ1v) is 8.02. The zero-order valence-electron chi connectivity index (χ0n) is 10.1. The molecule has 0 saturated heterocycles. The summed E-state index contributed by atoms with van der Waals surface area (Å²) in [6, 6.07) is -0.0234. The maximum Gasteiger partial charge on any atom is 0.296 e. The van der Waals surface area contributed by atoms with Crippen molar-refractivity contribution in [3.63, 3.8) is 0 Å². The molecular weight excluding hydrogens is 262 g/mol. The summed E-state index contributed by atoms with van der Waals surface area (Å²) in [6.07, 6.45) is 2.35. The molecule has 1 aliphatic rings. The van der Waals surface area contributed by atoms with Gasteiger partial charge in [0, 0.05) is 22.6 Å². The minimum Gasteiger partial charge on any atom is -0.298 e. The summed E-state index contributed by atoms with van der Waals surface area (Å²) in [6.45, 7) is 5.86. The molecule has 1 unspecified atom stereocenters. The Kier molecular flexibility index (Phi) is 3.20. The van der Waals surface area contributed by atoms with Gasteiger partial charge in [0.2, 0.25) is 0 Å². The highest BCUT2D eigenvalue weighted by atomic mass is 35.7. The topological polar surface area (TPSA) is 64.8 Å². The monoisotopic (exact) mass is 277 g/mol. The molecule has 0 radical (unpaired) electrons. The lowest BCUT2D eigenvalue weighted by molar-refractivity contribution is 0.478. The Balaban J connectivity index is 2.50. The molecule has 17 heavy (non-hydrogen) atoms. The molecule has 2 rings (SSSR count). The molecule has 1 aliphatic carbocycles. The average molecular weight is 278 g/mol. The normalized spacial score (nSPS) is 18.6. The van der Waals surface area contributed by atoms with E-state index in [1.54, 1.807) is 4.57 Å². The van der Waals surface area contributed by atoms with Crippen molar-refractivity contribution in [1.29, 1.82) is 0 Å². The van der Waals surface area contributed by atoms with Crippen LogP contribution in [0.15, 0.2) is 5.16 Å². The molecule has 1 saturated carbocycles. The molecule has 0 bridgehead atoms. The first-order valence-electron chi connectivity index (χ1n) is 5.71. The molecule has 96 valence electrons. The van der Waals surface area contributed by atoms with E-state index in [0.717, 1.165) is 5.82 Å². The van der Waals surface area contributed by atoms with Gasteiger partial charge < -0.3 is 0 Å². The van der Waals surface area contributed by atoms with Gasteiger partial charge in [-0.15, -0.1) is 10.2 Å². The van der Waals surface area contributed by atoms with Crippen molar-refractivity contribution in [3.05, 3.63) is 5.82 Å². The quantitative estimate of drug-likeness (QED) is 0.792. The maximum atomic E-state index is 11.4. The van der Waals surface area contributed by atoms with E-state index >= 15 is 0 Å². The smallest absolute Gasteiger partial charge is 0.296 e. The van der Waals surface area contributed by atoms with Crippen LogP contribution in [0.3, 0.4) is 0 Å². The Morgan fingerprint density at radius 2 is 1.88 bits per heavy atom. The molecule has 7 heteroatoms. The van der Waals surface area contributed by atoms with Crippen LogP contribution in [0.25, 0.3) is 0 Å².